The summed E-state index contributed by atoms with van der Waals surface area (Å²) in [5, 5.41) is 10.1. The van der Waals surface area contributed by atoms with E-state index in [1.165, 1.54) is 4.90 Å². The van der Waals surface area contributed by atoms with Crippen LogP contribution in [0.4, 0.5) is 0 Å². The van der Waals surface area contributed by atoms with Crippen LogP contribution in [0.2, 0.25) is 0 Å². The molecule has 1 aliphatic rings. The third-order valence-electron chi connectivity index (χ3n) is 6.27. The summed E-state index contributed by atoms with van der Waals surface area (Å²) in [6, 6.07) is 21.9. The highest BCUT2D eigenvalue weighted by atomic mass is 16.4. The van der Waals surface area contributed by atoms with E-state index < -0.39 is 17.9 Å². The van der Waals surface area contributed by atoms with Crippen molar-refractivity contribution in [2.75, 3.05) is 0 Å². The maximum atomic E-state index is 13.9. The zero-order valence-electron chi connectivity index (χ0n) is 18.5. The lowest BCUT2D eigenvalue weighted by Gasteiger charge is -2.35. The molecule has 0 fully saturated rings. The van der Waals surface area contributed by atoms with Gasteiger partial charge in [0.05, 0.1) is 31.0 Å². The molecule has 2 aromatic heterocycles. The summed E-state index contributed by atoms with van der Waals surface area (Å²) in [6.07, 6.45) is 5.42. The SMILES string of the molecule is O=C(O)[C@@H]1Cc2c(ncn2Cc2cccnc2)CN1C(=O)C(c1ccccc1)c1ccccc1. The summed E-state index contributed by atoms with van der Waals surface area (Å²) in [4.78, 5) is 36.4. The van der Waals surface area contributed by atoms with E-state index in [-0.39, 0.29) is 18.9 Å². The molecule has 1 N–H and O–H groups in total. The monoisotopic (exact) mass is 452 g/mol. The van der Waals surface area contributed by atoms with Crippen molar-refractivity contribution in [3.05, 3.63) is 120 Å². The number of fused-ring (bicyclic) bond motifs is 1. The molecule has 7 heteroatoms. The van der Waals surface area contributed by atoms with Gasteiger partial charge in [0.1, 0.15) is 6.04 Å². The molecule has 4 aromatic rings. The van der Waals surface area contributed by atoms with Gasteiger partial charge in [-0.1, -0.05) is 66.7 Å². The van der Waals surface area contributed by atoms with Crippen molar-refractivity contribution in [1.82, 2.24) is 19.4 Å². The molecule has 0 saturated carbocycles. The number of amides is 1. The van der Waals surface area contributed by atoms with Crippen molar-refractivity contribution in [2.45, 2.75) is 31.5 Å². The maximum Gasteiger partial charge on any atom is 0.326 e. The summed E-state index contributed by atoms with van der Waals surface area (Å²) in [5.74, 6) is -1.85. The van der Waals surface area contributed by atoms with Gasteiger partial charge in [-0.25, -0.2) is 9.78 Å². The predicted molar refractivity (Wildman–Crippen MR) is 126 cm³/mol. The number of carboxylic acids is 1. The minimum atomic E-state index is -1.02. The Labute approximate surface area is 197 Å². The second-order valence-corrected chi connectivity index (χ2v) is 8.41. The molecule has 0 aliphatic carbocycles. The third kappa shape index (κ3) is 4.20. The second-order valence-electron chi connectivity index (χ2n) is 8.41. The molecular formula is C27H24N4O3. The zero-order valence-corrected chi connectivity index (χ0v) is 18.5. The first-order valence-electron chi connectivity index (χ1n) is 11.2. The number of rotatable bonds is 6. The van der Waals surface area contributed by atoms with Gasteiger partial charge in [-0.15, -0.1) is 0 Å². The predicted octanol–water partition coefficient (Wildman–Crippen LogP) is 3.50. The minimum Gasteiger partial charge on any atom is -0.480 e. The minimum absolute atomic E-state index is 0.154. The van der Waals surface area contributed by atoms with E-state index in [1.54, 1.807) is 18.7 Å². The molecule has 0 radical (unpaired) electrons. The van der Waals surface area contributed by atoms with Gasteiger partial charge in [-0.2, -0.15) is 0 Å². The molecule has 0 bridgehead atoms. The Hall–Kier alpha value is -4.26. The highest BCUT2D eigenvalue weighted by Crippen LogP contribution is 2.31. The van der Waals surface area contributed by atoms with Crippen LogP contribution in [0.1, 0.15) is 34.0 Å². The molecule has 5 rings (SSSR count). The first kappa shape index (κ1) is 21.6. The topological polar surface area (TPSA) is 88.3 Å². The number of benzene rings is 2. The highest BCUT2D eigenvalue weighted by Gasteiger charge is 2.40. The van der Waals surface area contributed by atoms with E-state index in [2.05, 4.69) is 9.97 Å². The number of carbonyl (C=O) groups is 2. The smallest absolute Gasteiger partial charge is 0.326 e. The van der Waals surface area contributed by atoms with E-state index in [9.17, 15) is 14.7 Å². The largest absolute Gasteiger partial charge is 0.480 e. The Balaban J connectivity index is 1.49. The lowest BCUT2D eigenvalue weighted by molar-refractivity contribution is -0.151. The molecule has 2 aromatic carbocycles. The molecule has 0 unspecified atom stereocenters. The van der Waals surface area contributed by atoms with E-state index >= 15 is 0 Å². The van der Waals surface area contributed by atoms with Gasteiger partial charge in [-0.3, -0.25) is 9.78 Å². The quantitative estimate of drug-likeness (QED) is 0.484. The molecular weight excluding hydrogens is 428 g/mol. The highest BCUT2D eigenvalue weighted by molar-refractivity contribution is 5.91. The Morgan fingerprint density at radius 3 is 2.24 bits per heavy atom. The average Bonchev–Trinajstić information content (AvgIpc) is 3.27. The van der Waals surface area contributed by atoms with Gasteiger partial charge in [0.25, 0.3) is 0 Å². The second kappa shape index (κ2) is 9.31. The fourth-order valence-electron chi connectivity index (χ4n) is 4.59. The number of carboxylic acid groups (broad SMARTS) is 1. The molecule has 7 nitrogen and oxygen atoms in total. The molecule has 1 atom stereocenters. The van der Waals surface area contributed by atoms with Crippen LogP contribution < -0.4 is 0 Å². The van der Waals surface area contributed by atoms with Crippen LogP contribution in [0.5, 0.6) is 0 Å². The summed E-state index contributed by atoms with van der Waals surface area (Å²) in [6.45, 7) is 0.703. The number of imidazole rings is 1. The van der Waals surface area contributed by atoms with Gasteiger partial charge in [-0.05, 0) is 22.8 Å². The number of carbonyl (C=O) groups excluding carboxylic acids is 1. The fraction of sp³-hybridized carbons (Fsp3) is 0.185. The van der Waals surface area contributed by atoms with Crippen LogP contribution in [0.15, 0.2) is 91.5 Å². The number of nitrogens with zero attached hydrogens (tertiary/aromatic N) is 4. The molecule has 1 aliphatic heterocycles. The standard InChI is InChI=1S/C27H24N4O3/c32-26(25(20-9-3-1-4-10-20)21-11-5-2-6-12-21)31-17-22-23(14-24(31)27(33)34)30(18-29-22)16-19-8-7-13-28-15-19/h1-13,15,18,24-25H,14,16-17H2,(H,33,34)/t24-/m0/s1. The Morgan fingerprint density at radius 2 is 1.65 bits per heavy atom. The van der Waals surface area contributed by atoms with E-state index in [4.69, 9.17) is 0 Å². The lowest BCUT2D eigenvalue weighted by Crippen LogP contribution is -2.50. The van der Waals surface area contributed by atoms with Crippen LogP contribution in [0, 0.1) is 0 Å². The van der Waals surface area contributed by atoms with Gasteiger partial charge in [0, 0.05) is 24.5 Å². The van der Waals surface area contributed by atoms with Crippen LogP contribution in [-0.2, 0) is 29.1 Å². The molecule has 34 heavy (non-hydrogen) atoms. The van der Waals surface area contributed by atoms with Gasteiger partial charge < -0.3 is 14.6 Å². The first-order valence-corrected chi connectivity index (χ1v) is 11.2. The number of pyridine rings is 1. The number of aromatic nitrogens is 3. The van der Waals surface area contributed by atoms with Crippen LogP contribution >= 0.6 is 0 Å². The molecule has 0 spiro atoms. The zero-order chi connectivity index (χ0) is 23.5. The van der Waals surface area contributed by atoms with E-state index in [0.29, 0.717) is 6.54 Å². The number of hydrogen-bond acceptors (Lipinski definition) is 4. The Kier molecular flexibility index (Phi) is 5.91. The van der Waals surface area contributed by atoms with Gasteiger partial charge >= 0.3 is 5.97 Å². The van der Waals surface area contributed by atoms with Crippen molar-refractivity contribution in [2.24, 2.45) is 0 Å². The van der Waals surface area contributed by atoms with Crippen LogP contribution in [0.3, 0.4) is 0 Å². The Morgan fingerprint density at radius 1 is 0.971 bits per heavy atom. The number of hydrogen-bond donors (Lipinski definition) is 1. The van der Waals surface area contributed by atoms with Crippen LogP contribution in [-0.4, -0.2) is 42.5 Å². The fourth-order valence-corrected chi connectivity index (χ4v) is 4.59. The molecule has 3 heterocycles. The third-order valence-corrected chi connectivity index (χ3v) is 6.27. The molecule has 1 amide bonds. The van der Waals surface area contributed by atoms with Crippen molar-refractivity contribution in [1.29, 1.82) is 0 Å². The number of aliphatic carboxylic acids is 1. The maximum absolute atomic E-state index is 13.9. The van der Waals surface area contributed by atoms with Crippen molar-refractivity contribution in [3.63, 3.8) is 0 Å². The van der Waals surface area contributed by atoms with Crippen LogP contribution in [0.25, 0.3) is 0 Å². The normalized spacial score (nSPS) is 15.2. The average molecular weight is 453 g/mol. The van der Waals surface area contributed by atoms with Gasteiger partial charge in [0.2, 0.25) is 5.91 Å². The van der Waals surface area contributed by atoms with E-state index in [1.807, 2.05) is 77.4 Å². The molecule has 170 valence electrons. The first-order chi connectivity index (χ1) is 16.6. The summed E-state index contributed by atoms with van der Waals surface area (Å²) in [5.41, 5.74) is 4.23. The van der Waals surface area contributed by atoms with Crippen molar-refractivity contribution in [3.8, 4) is 0 Å². The summed E-state index contributed by atoms with van der Waals surface area (Å²) < 4.78 is 1.95. The van der Waals surface area contributed by atoms with E-state index in [0.717, 1.165) is 28.1 Å². The van der Waals surface area contributed by atoms with Crippen molar-refractivity contribution < 1.29 is 14.7 Å². The lowest BCUT2D eigenvalue weighted by atomic mass is 9.88. The van der Waals surface area contributed by atoms with Gasteiger partial charge in [0.15, 0.2) is 0 Å². The Bertz CT molecular complexity index is 1250. The molecule has 0 saturated heterocycles. The summed E-state index contributed by atoms with van der Waals surface area (Å²) >= 11 is 0. The summed E-state index contributed by atoms with van der Waals surface area (Å²) in [7, 11) is 0. The van der Waals surface area contributed by atoms with Crippen molar-refractivity contribution >= 4 is 11.9 Å².